The minimum atomic E-state index is -0.235. The second-order valence-electron chi connectivity index (χ2n) is 6.80. The molecule has 1 fully saturated rings. The summed E-state index contributed by atoms with van der Waals surface area (Å²) in [6.07, 6.45) is 2.57. The molecule has 3 heterocycles. The summed E-state index contributed by atoms with van der Waals surface area (Å²) in [5.74, 6) is -0.0829. The maximum Gasteiger partial charge on any atom is 0.272 e. The lowest BCUT2D eigenvalue weighted by Crippen LogP contribution is -2.37. The molecule has 140 valence electrons. The highest BCUT2D eigenvalue weighted by atomic mass is 32.1. The summed E-state index contributed by atoms with van der Waals surface area (Å²) in [4.78, 5) is 28.2. The zero-order valence-electron chi connectivity index (χ0n) is 15.0. The highest BCUT2D eigenvalue weighted by Gasteiger charge is 2.24. The van der Waals surface area contributed by atoms with Crippen LogP contribution in [0.3, 0.4) is 0 Å². The number of aromatic amines is 1. The Morgan fingerprint density at radius 1 is 1.19 bits per heavy atom. The van der Waals surface area contributed by atoms with Crippen LogP contribution < -0.4 is 10.9 Å². The Morgan fingerprint density at radius 2 is 1.96 bits per heavy atom. The number of hydrogen-bond acceptors (Lipinski definition) is 5. The summed E-state index contributed by atoms with van der Waals surface area (Å²) >= 11 is 1.73. The molecule has 0 radical (unpaired) electrons. The average molecular weight is 382 g/mol. The van der Waals surface area contributed by atoms with E-state index in [0.29, 0.717) is 17.6 Å². The van der Waals surface area contributed by atoms with Crippen molar-refractivity contribution in [1.29, 1.82) is 0 Å². The molecule has 6 nitrogen and oxygen atoms in total. The minimum absolute atomic E-state index is 0.0829. The van der Waals surface area contributed by atoms with Crippen LogP contribution in [0.4, 0.5) is 0 Å². The van der Waals surface area contributed by atoms with Gasteiger partial charge in [-0.3, -0.25) is 14.5 Å². The molecule has 0 aliphatic carbocycles. The van der Waals surface area contributed by atoms with Crippen molar-refractivity contribution < 1.29 is 4.79 Å². The van der Waals surface area contributed by atoms with E-state index in [2.05, 4.69) is 37.9 Å². The van der Waals surface area contributed by atoms with Gasteiger partial charge in [0.1, 0.15) is 0 Å². The van der Waals surface area contributed by atoms with Crippen LogP contribution in [0.2, 0.25) is 0 Å². The summed E-state index contributed by atoms with van der Waals surface area (Å²) in [5, 5.41) is 13.0. The maximum atomic E-state index is 12.6. The molecule has 1 aliphatic rings. The zero-order chi connectivity index (χ0) is 18.6. The number of benzene rings is 1. The number of hydrogen-bond donors (Lipinski definition) is 2. The van der Waals surface area contributed by atoms with Crippen LogP contribution in [0, 0.1) is 0 Å². The third-order valence-corrected chi connectivity index (χ3v) is 6.02. The number of nitrogens with one attached hydrogen (secondary N) is 2. The molecule has 1 aliphatic heterocycles. The molecule has 2 N–H and O–H groups in total. The molecule has 7 heteroatoms. The fraction of sp³-hybridized carbons (Fsp3) is 0.350. The Labute approximate surface area is 161 Å². The van der Waals surface area contributed by atoms with E-state index in [0.717, 1.165) is 18.5 Å². The lowest BCUT2D eigenvalue weighted by Gasteiger charge is -2.26. The van der Waals surface area contributed by atoms with Crippen LogP contribution in [0.25, 0.3) is 10.8 Å². The SMILES string of the molecule is O=C(Cc1n[nH]c(=O)c2ccccc12)NC[C@H](c1cccs1)N1CCCC1. The first kappa shape index (κ1) is 17.9. The van der Waals surface area contributed by atoms with Crippen molar-refractivity contribution in [3.63, 3.8) is 0 Å². The van der Waals surface area contributed by atoms with Gasteiger partial charge in [0.05, 0.1) is 23.5 Å². The molecule has 2 aromatic heterocycles. The molecule has 27 heavy (non-hydrogen) atoms. The first-order valence-electron chi connectivity index (χ1n) is 9.23. The molecule has 1 atom stereocenters. The third-order valence-electron chi connectivity index (χ3n) is 5.05. The number of fused-ring (bicyclic) bond motifs is 1. The maximum absolute atomic E-state index is 12.6. The Morgan fingerprint density at radius 3 is 2.70 bits per heavy atom. The van der Waals surface area contributed by atoms with E-state index < -0.39 is 0 Å². The number of amides is 1. The number of carbonyl (C=O) groups excluding carboxylic acids is 1. The first-order chi connectivity index (χ1) is 13.2. The van der Waals surface area contributed by atoms with Crippen LogP contribution >= 0.6 is 11.3 Å². The molecule has 0 unspecified atom stereocenters. The van der Waals surface area contributed by atoms with Crippen molar-refractivity contribution in [2.45, 2.75) is 25.3 Å². The van der Waals surface area contributed by atoms with Gasteiger partial charge < -0.3 is 5.32 Å². The van der Waals surface area contributed by atoms with Gasteiger partial charge in [-0.2, -0.15) is 5.10 Å². The molecule has 0 saturated carbocycles. The van der Waals surface area contributed by atoms with Gasteiger partial charge in [0, 0.05) is 16.8 Å². The van der Waals surface area contributed by atoms with Crippen LogP contribution in [0.5, 0.6) is 0 Å². The molecule has 4 rings (SSSR count). The molecule has 1 saturated heterocycles. The molecule has 3 aromatic rings. The van der Waals surface area contributed by atoms with E-state index in [4.69, 9.17) is 0 Å². The monoisotopic (exact) mass is 382 g/mol. The van der Waals surface area contributed by atoms with Crippen LogP contribution in [-0.4, -0.2) is 40.6 Å². The van der Waals surface area contributed by atoms with Gasteiger partial charge in [-0.15, -0.1) is 11.3 Å². The van der Waals surface area contributed by atoms with Crippen molar-refractivity contribution in [3.05, 3.63) is 62.7 Å². The third kappa shape index (κ3) is 3.94. The summed E-state index contributed by atoms with van der Waals surface area (Å²) in [6, 6.07) is 11.7. The summed E-state index contributed by atoms with van der Waals surface area (Å²) in [5.41, 5.74) is 0.359. The summed E-state index contributed by atoms with van der Waals surface area (Å²) in [7, 11) is 0. The zero-order valence-corrected chi connectivity index (χ0v) is 15.8. The van der Waals surface area contributed by atoms with Gasteiger partial charge in [-0.05, 0) is 43.4 Å². The predicted octanol–water partition coefficient (Wildman–Crippen LogP) is 2.48. The van der Waals surface area contributed by atoms with Gasteiger partial charge in [-0.1, -0.05) is 24.3 Å². The number of aromatic nitrogens is 2. The average Bonchev–Trinajstić information content (AvgIpc) is 3.39. The number of H-pyrrole nitrogens is 1. The van der Waals surface area contributed by atoms with Crippen molar-refractivity contribution in [1.82, 2.24) is 20.4 Å². The van der Waals surface area contributed by atoms with Gasteiger partial charge in [0.15, 0.2) is 0 Å². The quantitative estimate of drug-likeness (QED) is 0.687. The highest BCUT2D eigenvalue weighted by molar-refractivity contribution is 7.10. The lowest BCUT2D eigenvalue weighted by atomic mass is 10.1. The van der Waals surface area contributed by atoms with Crippen molar-refractivity contribution in [2.75, 3.05) is 19.6 Å². The van der Waals surface area contributed by atoms with E-state index in [1.807, 2.05) is 18.2 Å². The molecule has 1 aromatic carbocycles. The Kier molecular flexibility index (Phi) is 5.31. The summed E-state index contributed by atoms with van der Waals surface area (Å²) < 4.78 is 0. The number of thiophene rings is 1. The van der Waals surface area contributed by atoms with Crippen molar-refractivity contribution in [2.24, 2.45) is 0 Å². The largest absolute Gasteiger partial charge is 0.354 e. The fourth-order valence-electron chi connectivity index (χ4n) is 3.68. The number of carbonyl (C=O) groups is 1. The standard InChI is InChI=1S/C20H22N4O2S/c25-19(12-16-14-6-1-2-7-15(14)20(26)23-22-16)21-13-17(18-8-5-11-27-18)24-9-3-4-10-24/h1-2,5-8,11,17H,3-4,9-10,12-13H2,(H,21,25)(H,23,26)/t17-/m1/s1. The van der Waals surface area contributed by atoms with E-state index in [1.165, 1.54) is 17.7 Å². The van der Waals surface area contributed by atoms with Crippen molar-refractivity contribution in [3.8, 4) is 0 Å². The normalized spacial score (nSPS) is 15.9. The second-order valence-corrected chi connectivity index (χ2v) is 7.78. The lowest BCUT2D eigenvalue weighted by molar-refractivity contribution is -0.120. The number of nitrogens with zero attached hydrogens (tertiary/aromatic N) is 2. The van der Waals surface area contributed by atoms with Gasteiger partial charge in [0.25, 0.3) is 5.56 Å². The van der Waals surface area contributed by atoms with Gasteiger partial charge >= 0.3 is 0 Å². The Hall–Kier alpha value is -2.51. The topological polar surface area (TPSA) is 78.1 Å². The number of rotatable bonds is 6. The first-order valence-corrected chi connectivity index (χ1v) is 10.1. The smallest absolute Gasteiger partial charge is 0.272 e. The van der Waals surface area contributed by atoms with Crippen LogP contribution in [0.15, 0.2) is 46.6 Å². The van der Waals surface area contributed by atoms with E-state index in [1.54, 1.807) is 17.4 Å². The van der Waals surface area contributed by atoms with E-state index >= 15 is 0 Å². The van der Waals surface area contributed by atoms with Gasteiger partial charge in [0.2, 0.25) is 5.91 Å². The summed E-state index contributed by atoms with van der Waals surface area (Å²) in [6.45, 7) is 2.73. The molecular weight excluding hydrogens is 360 g/mol. The minimum Gasteiger partial charge on any atom is -0.354 e. The molecule has 0 bridgehead atoms. The second kappa shape index (κ2) is 8.02. The van der Waals surface area contributed by atoms with Crippen molar-refractivity contribution >= 4 is 28.0 Å². The fourth-order valence-corrected chi connectivity index (χ4v) is 4.54. The molecular formula is C20H22N4O2S. The van der Waals surface area contributed by atoms with E-state index in [-0.39, 0.29) is 23.9 Å². The number of likely N-dealkylation sites (tertiary alicyclic amines) is 1. The molecule has 0 spiro atoms. The van der Waals surface area contributed by atoms with Crippen LogP contribution in [0.1, 0.15) is 29.5 Å². The van der Waals surface area contributed by atoms with Crippen LogP contribution in [-0.2, 0) is 11.2 Å². The Balaban J connectivity index is 1.46. The van der Waals surface area contributed by atoms with Gasteiger partial charge in [-0.25, -0.2) is 5.10 Å². The van der Waals surface area contributed by atoms with E-state index in [9.17, 15) is 9.59 Å². The molecule has 1 amide bonds. The predicted molar refractivity (Wildman–Crippen MR) is 107 cm³/mol. The highest BCUT2D eigenvalue weighted by Crippen LogP contribution is 2.27. The Bertz CT molecular complexity index is 977.